The summed E-state index contributed by atoms with van der Waals surface area (Å²) in [6.45, 7) is 7.66. The Bertz CT molecular complexity index is 263. The largest absolute Gasteiger partial charge is 0.381 e. The number of nitrogens with zero attached hydrogens (tertiary/aromatic N) is 1. The molecule has 0 radical (unpaired) electrons. The summed E-state index contributed by atoms with van der Waals surface area (Å²) in [4.78, 5) is 2.65. The van der Waals surface area contributed by atoms with Crippen molar-refractivity contribution >= 4 is 0 Å². The Balaban J connectivity index is 1.62. The summed E-state index contributed by atoms with van der Waals surface area (Å²) < 4.78 is 5.46. The maximum absolute atomic E-state index is 6.01. The molecule has 1 atom stereocenters. The van der Waals surface area contributed by atoms with Gasteiger partial charge in [0.15, 0.2) is 0 Å². The molecule has 2 N–H and O–H groups in total. The molecule has 1 saturated carbocycles. The standard InChI is InChI=1S/C13H24N2O/c1-12(8-14,11-2-3-11)15-9-13(10-15)4-6-16-7-5-13/h11H,2-10,14H2,1H3. The zero-order valence-electron chi connectivity index (χ0n) is 10.4. The third-order valence-corrected chi connectivity index (χ3v) is 5.20. The van der Waals surface area contributed by atoms with Gasteiger partial charge < -0.3 is 10.5 Å². The van der Waals surface area contributed by atoms with Crippen molar-refractivity contribution < 1.29 is 4.74 Å². The Morgan fingerprint density at radius 3 is 2.44 bits per heavy atom. The highest BCUT2D eigenvalue weighted by molar-refractivity contribution is 5.08. The Kier molecular flexibility index (Phi) is 2.54. The molecule has 3 heteroatoms. The van der Waals surface area contributed by atoms with Crippen LogP contribution in [0.5, 0.6) is 0 Å². The zero-order chi connectivity index (χ0) is 11.2. The maximum atomic E-state index is 6.01. The molecule has 3 fully saturated rings. The van der Waals surface area contributed by atoms with Crippen molar-refractivity contribution in [2.24, 2.45) is 17.1 Å². The summed E-state index contributed by atoms with van der Waals surface area (Å²) >= 11 is 0. The topological polar surface area (TPSA) is 38.5 Å². The molecular weight excluding hydrogens is 200 g/mol. The fourth-order valence-electron chi connectivity index (χ4n) is 3.50. The molecule has 0 bridgehead atoms. The van der Waals surface area contributed by atoms with Crippen molar-refractivity contribution in [3.63, 3.8) is 0 Å². The van der Waals surface area contributed by atoms with Crippen LogP contribution in [0.3, 0.4) is 0 Å². The second-order valence-corrected chi connectivity index (χ2v) is 6.30. The predicted octanol–water partition coefficient (Wildman–Crippen LogP) is 1.23. The van der Waals surface area contributed by atoms with E-state index in [2.05, 4.69) is 11.8 Å². The lowest BCUT2D eigenvalue weighted by Gasteiger charge is -2.59. The van der Waals surface area contributed by atoms with Crippen molar-refractivity contribution in [1.29, 1.82) is 0 Å². The van der Waals surface area contributed by atoms with Gasteiger partial charge in [0.05, 0.1) is 0 Å². The van der Waals surface area contributed by atoms with Crippen LogP contribution < -0.4 is 5.73 Å². The van der Waals surface area contributed by atoms with E-state index in [1.54, 1.807) is 0 Å². The highest BCUT2D eigenvalue weighted by atomic mass is 16.5. The van der Waals surface area contributed by atoms with Gasteiger partial charge in [0.1, 0.15) is 0 Å². The van der Waals surface area contributed by atoms with Crippen LogP contribution in [-0.4, -0.2) is 43.3 Å². The molecule has 2 heterocycles. The van der Waals surface area contributed by atoms with Gasteiger partial charge in [-0.05, 0) is 38.5 Å². The van der Waals surface area contributed by atoms with Crippen molar-refractivity contribution in [3.8, 4) is 0 Å². The first-order valence-electron chi connectivity index (χ1n) is 6.71. The van der Waals surface area contributed by atoms with Gasteiger partial charge in [0.2, 0.25) is 0 Å². The number of likely N-dealkylation sites (tertiary alicyclic amines) is 1. The van der Waals surface area contributed by atoms with Gasteiger partial charge in [0.25, 0.3) is 0 Å². The molecule has 3 nitrogen and oxygen atoms in total. The average Bonchev–Trinajstić information content (AvgIpc) is 3.10. The van der Waals surface area contributed by atoms with Crippen LogP contribution in [0.25, 0.3) is 0 Å². The van der Waals surface area contributed by atoms with Crippen molar-refractivity contribution in [3.05, 3.63) is 0 Å². The van der Waals surface area contributed by atoms with E-state index in [4.69, 9.17) is 10.5 Å². The van der Waals surface area contributed by atoms with Gasteiger partial charge >= 0.3 is 0 Å². The Morgan fingerprint density at radius 1 is 1.31 bits per heavy atom. The predicted molar refractivity (Wildman–Crippen MR) is 64.2 cm³/mol. The minimum atomic E-state index is 0.295. The number of hydrogen-bond acceptors (Lipinski definition) is 3. The van der Waals surface area contributed by atoms with E-state index in [0.29, 0.717) is 11.0 Å². The first-order valence-corrected chi connectivity index (χ1v) is 6.71. The molecule has 3 aliphatic rings. The summed E-state index contributed by atoms with van der Waals surface area (Å²) in [5, 5.41) is 0. The molecule has 3 rings (SSSR count). The minimum Gasteiger partial charge on any atom is -0.381 e. The molecule has 92 valence electrons. The Morgan fingerprint density at radius 2 is 1.94 bits per heavy atom. The molecular formula is C13H24N2O. The van der Waals surface area contributed by atoms with E-state index in [-0.39, 0.29) is 0 Å². The Hall–Kier alpha value is -0.120. The first-order chi connectivity index (χ1) is 7.69. The van der Waals surface area contributed by atoms with Gasteiger partial charge in [-0.1, -0.05) is 0 Å². The lowest BCUT2D eigenvalue weighted by Crippen LogP contribution is -2.68. The number of ether oxygens (including phenoxy) is 1. The van der Waals surface area contributed by atoms with Gasteiger partial charge in [-0.25, -0.2) is 0 Å². The molecule has 0 aromatic carbocycles. The van der Waals surface area contributed by atoms with Crippen LogP contribution in [0.1, 0.15) is 32.6 Å². The molecule has 0 aromatic rings. The van der Waals surface area contributed by atoms with E-state index in [1.807, 2.05) is 0 Å². The van der Waals surface area contributed by atoms with Gasteiger partial charge in [-0.15, -0.1) is 0 Å². The van der Waals surface area contributed by atoms with Crippen molar-refractivity contribution in [1.82, 2.24) is 4.90 Å². The summed E-state index contributed by atoms with van der Waals surface area (Å²) in [5.74, 6) is 0.870. The van der Waals surface area contributed by atoms with E-state index < -0.39 is 0 Å². The summed E-state index contributed by atoms with van der Waals surface area (Å²) in [6.07, 6.45) is 5.30. The summed E-state index contributed by atoms with van der Waals surface area (Å²) in [6, 6.07) is 0. The van der Waals surface area contributed by atoms with Crippen LogP contribution in [0.2, 0.25) is 0 Å². The lowest BCUT2D eigenvalue weighted by molar-refractivity contribution is -0.124. The van der Waals surface area contributed by atoms with Crippen LogP contribution in [0.4, 0.5) is 0 Å². The fourth-order valence-corrected chi connectivity index (χ4v) is 3.50. The first kappa shape index (κ1) is 11.0. The normalized spacial score (nSPS) is 33.4. The fraction of sp³-hybridized carbons (Fsp3) is 1.00. The van der Waals surface area contributed by atoms with Crippen LogP contribution in [-0.2, 0) is 4.74 Å². The summed E-state index contributed by atoms with van der Waals surface area (Å²) in [7, 11) is 0. The summed E-state index contributed by atoms with van der Waals surface area (Å²) in [5.41, 5.74) is 6.89. The number of rotatable bonds is 3. The van der Waals surface area contributed by atoms with Gasteiger partial charge in [-0.2, -0.15) is 0 Å². The highest BCUT2D eigenvalue weighted by Crippen LogP contribution is 2.49. The zero-order valence-corrected chi connectivity index (χ0v) is 10.4. The smallest absolute Gasteiger partial charge is 0.0472 e. The minimum absolute atomic E-state index is 0.295. The van der Waals surface area contributed by atoms with Crippen LogP contribution in [0.15, 0.2) is 0 Å². The van der Waals surface area contributed by atoms with Gasteiger partial charge in [0, 0.05) is 43.8 Å². The molecule has 1 aliphatic carbocycles. The third kappa shape index (κ3) is 1.60. The van der Waals surface area contributed by atoms with Gasteiger partial charge in [-0.3, -0.25) is 4.90 Å². The SMILES string of the molecule is CC(CN)(C1CC1)N1CC2(CCOCC2)C1. The van der Waals surface area contributed by atoms with Crippen molar-refractivity contribution in [2.75, 3.05) is 32.8 Å². The van der Waals surface area contributed by atoms with E-state index in [1.165, 1.54) is 38.8 Å². The molecule has 0 aromatic heterocycles. The van der Waals surface area contributed by atoms with E-state index in [0.717, 1.165) is 25.7 Å². The molecule has 1 spiro atoms. The lowest BCUT2D eigenvalue weighted by atomic mass is 9.70. The van der Waals surface area contributed by atoms with E-state index in [9.17, 15) is 0 Å². The Labute approximate surface area is 98.3 Å². The number of hydrogen-bond donors (Lipinski definition) is 1. The third-order valence-electron chi connectivity index (χ3n) is 5.20. The second-order valence-electron chi connectivity index (χ2n) is 6.30. The quantitative estimate of drug-likeness (QED) is 0.783. The molecule has 16 heavy (non-hydrogen) atoms. The monoisotopic (exact) mass is 224 g/mol. The van der Waals surface area contributed by atoms with Crippen LogP contribution >= 0.6 is 0 Å². The molecule has 2 saturated heterocycles. The van der Waals surface area contributed by atoms with E-state index >= 15 is 0 Å². The molecule has 2 aliphatic heterocycles. The number of nitrogens with two attached hydrogens (primary N) is 1. The van der Waals surface area contributed by atoms with Crippen molar-refractivity contribution in [2.45, 2.75) is 38.1 Å². The maximum Gasteiger partial charge on any atom is 0.0472 e. The highest BCUT2D eigenvalue weighted by Gasteiger charge is 2.54. The molecule has 1 unspecified atom stereocenters. The average molecular weight is 224 g/mol. The van der Waals surface area contributed by atoms with Crippen LogP contribution in [0, 0.1) is 11.3 Å². The molecule has 0 amide bonds. The second kappa shape index (κ2) is 3.69.